The van der Waals surface area contributed by atoms with Gasteiger partial charge in [-0.3, -0.25) is 14.9 Å². The summed E-state index contributed by atoms with van der Waals surface area (Å²) in [4.78, 5) is 22.1. The van der Waals surface area contributed by atoms with Gasteiger partial charge in [-0.25, -0.2) is 0 Å². The first-order valence-electron chi connectivity index (χ1n) is 6.83. The summed E-state index contributed by atoms with van der Waals surface area (Å²) in [6, 6.07) is 4.10. The van der Waals surface area contributed by atoms with Crippen molar-refractivity contribution >= 4 is 17.3 Å². The number of nitro benzene ring substituents is 1. The molecule has 1 aromatic rings. The molecular formula is C14H21N3O4. The van der Waals surface area contributed by atoms with Gasteiger partial charge in [-0.15, -0.1) is 0 Å². The molecular weight excluding hydrogens is 274 g/mol. The number of nitrogens with zero attached hydrogens (tertiary/aromatic N) is 1. The lowest BCUT2D eigenvalue weighted by molar-refractivity contribution is -0.384. The molecule has 1 aromatic carbocycles. The van der Waals surface area contributed by atoms with Crippen molar-refractivity contribution in [3.63, 3.8) is 0 Å². The first-order valence-corrected chi connectivity index (χ1v) is 6.83. The average molecular weight is 295 g/mol. The van der Waals surface area contributed by atoms with Crippen molar-refractivity contribution in [2.75, 3.05) is 18.9 Å². The summed E-state index contributed by atoms with van der Waals surface area (Å²) in [7, 11) is 1.49. The van der Waals surface area contributed by atoms with Gasteiger partial charge in [0.2, 0.25) is 0 Å². The summed E-state index contributed by atoms with van der Waals surface area (Å²) in [6.45, 7) is 3.87. The molecule has 0 unspecified atom stereocenters. The van der Waals surface area contributed by atoms with Gasteiger partial charge in [-0.05, 0) is 25.0 Å². The van der Waals surface area contributed by atoms with E-state index in [4.69, 9.17) is 0 Å². The maximum atomic E-state index is 11.6. The topological polar surface area (TPSA) is 104 Å². The first-order chi connectivity index (χ1) is 9.86. The largest absolute Gasteiger partial charge is 0.388 e. The number of amides is 1. The van der Waals surface area contributed by atoms with Crippen molar-refractivity contribution in [1.29, 1.82) is 0 Å². The van der Waals surface area contributed by atoms with Crippen LogP contribution in [0.3, 0.4) is 0 Å². The molecule has 0 fully saturated rings. The second-order valence-corrected chi connectivity index (χ2v) is 4.85. The van der Waals surface area contributed by atoms with Crippen LogP contribution in [-0.2, 0) is 0 Å². The van der Waals surface area contributed by atoms with E-state index >= 15 is 0 Å². The van der Waals surface area contributed by atoms with Gasteiger partial charge < -0.3 is 15.7 Å². The predicted molar refractivity (Wildman–Crippen MR) is 80.5 cm³/mol. The van der Waals surface area contributed by atoms with Crippen LogP contribution in [0.1, 0.15) is 37.0 Å². The maximum Gasteiger partial charge on any atom is 0.292 e. The molecule has 0 heterocycles. The molecule has 0 aliphatic heterocycles. The van der Waals surface area contributed by atoms with Crippen molar-refractivity contribution < 1.29 is 14.8 Å². The van der Waals surface area contributed by atoms with Crippen molar-refractivity contribution in [2.45, 2.75) is 32.3 Å². The van der Waals surface area contributed by atoms with Crippen molar-refractivity contribution in [3.05, 3.63) is 33.9 Å². The number of nitrogens with one attached hydrogen (secondary N) is 2. The summed E-state index contributed by atoms with van der Waals surface area (Å²) >= 11 is 0. The summed E-state index contributed by atoms with van der Waals surface area (Å²) in [5.41, 5.74) is -0.516. The third-order valence-corrected chi connectivity index (χ3v) is 3.61. The van der Waals surface area contributed by atoms with Crippen LogP contribution in [0.2, 0.25) is 0 Å². The highest BCUT2D eigenvalue weighted by atomic mass is 16.6. The highest BCUT2D eigenvalue weighted by Crippen LogP contribution is 2.27. The number of hydrogen-bond donors (Lipinski definition) is 3. The van der Waals surface area contributed by atoms with Crippen LogP contribution in [0.25, 0.3) is 0 Å². The van der Waals surface area contributed by atoms with Gasteiger partial charge in [-0.1, -0.05) is 13.8 Å². The van der Waals surface area contributed by atoms with Crippen LogP contribution < -0.4 is 10.6 Å². The van der Waals surface area contributed by atoms with E-state index in [1.807, 2.05) is 13.8 Å². The average Bonchev–Trinajstić information content (AvgIpc) is 2.51. The van der Waals surface area contributed by atoms with E-state index in [0.29, 0.717) is 18.4 Å². The fourth-order valence-corrected chi connectivity index (χ4v) is 1.88. The minimum Gasteiger partial charge on any atom is -0.388 e. The zero-order chi connectivity index (χ0) is 16.0. The number of nitro groups is 1. The minimum absolute atomic E-state index is 0.128. The zero-order valence-electron chi connectivity index (χ0n) is 12.5. The van der Waals surface area contributed by atoms with Crippen molar-refractivity contribution in [3.8, 4) is 0 Å². The smallest absolute Gasteiger partial charge is 0.292 e. The molecule has 0 aliphatic carbocycles. The summed E-state index contributed by atoms with van der Waals surface area (Å²) in [5.74, 6) is -0.325. The van der Waals surface area contributed by atoms with Gasteiger partial charge in [-0.2, -0.15) is 0 Å². The third kappa shape index (κ3) is 4.16. The molecule has 7 heteroatoms. The molecule has 0 aromatic heterocycles. The molecule has 1 rings (SSSR count). The quantitative estimate of drug-likeness (QED) is 0.526. The lowest BCUT2D eigenvalue weighted by Crippen LogP contribution is -2.35. The summed E-state index contributed by atoms with van der Waals surface area (Å²) in [5, 5.41) is 26.6. The van der Waals surface area contributed by atoms with Gasteiger partial charge in [0.15, 0.2) is 0 Å². The molecule has 0 spiro atoms. The molecule has 3 N–H and O–H groups in total. The molecule has 0 aliphatic rings. The number of hydrogen-bond acceptors (Lipinski definition) is 5. The standard InChI is InChI=1S/C14H21N3O4/c1-4-14(19,5-2)9-16-11-8-10(13(18)15-3)6-7-12(11)17(20)21/h6-8,16,19H,4-5,9H2,1-3H3,(H,15,18). The van der Waals surface area contributed by atoms with E-state index in [0.717, 1.165) is 0 Å². The Morgan fingerprint density at radius 3 is 2.48 bits per heavy atom. The van der Waals surface area contributed by atoms with E-state index in [1.165, 1.54) is 25.2 Å². The van der Waals surface area contributed by atoms with E-state index in [9.17, 15) is 20.0 Å². The Kier molecular flexibility index (Phi) is 5.66. The maximum absolute atomic E-state index is 11.6. The van der Waals surface area contributed by atoms with Crippen LogP contribution in [0.5, 0.6) is 0 Å². The van der Waals surface area contributed by atoms with Gasteiger partial charge in [0.1, 0.15) is 5.69 Å². The Balaban J connectivity index is 3.07. The van der Waals surface area contributed by atoms with Gasteiger partial charge in [0, 0.05) is 25.2 Å². The van der Waals surface area contributed by atoms with Crippen LogP contribution in [0, 0.1) is 10.1 Å². The summed E-state index contributed by atoms with van der Waals surface area (Å²) < 4.78 is 0. The SMILES string of the molecule is CCC(O)(CC)CNc1cc(C(=O)NC)ccc1[N+](=O)[O-]. The van der Waals surface area contributed by atoms with E-state index in [1.54, 1.807) is 0 Å². The van der Waals surface area contributed by atoms with E-state index in [2.05, 4.69) is 10.6 Å². The van der Waals surface area contributed by atoms with Crippen molar-refractivity contribution in [1.82, 2.24) is 5.32 Å². The molecule has 7 nitrogen and oxygen atoms in total. The zero-order valence-corrected chi connectivity index (χ0v) is 12.5. The molecule has 1 amide bonds. The lowest BCUT2D eigenvalue weighted by atomic mass is 9.97. The Hall–Kier alpha value is -2.15. The van der Waals surface area contributed by atoms with E-state index < -0.39 is 10.5 Å². The normalized spacial score (nSPS) is 11.0. The Bertz CT molecular complexity index is 527. The molecule has 0 saturated heterocycles. The van der Waals surface area contributed by atoms with Gasteiger partial charge in [0.05, 0.1) is 10.5 Å². The van der Waals surface area contributed by atoms with Crippen LogP contribution in [-0.4, -0.2) is 35.1 Å². The second kappa shape index (κ2) is 7.03. The highest BCUT2D eigenvalue weighted by molar-refractivity contribution is 5.95. The second-order valence-electron chi connectivity index (χ2n) is 4.85. The number of benzene rings is 1. The number of carbonyl (C=O) groups is 1. The minimum atomic E-state index is -0.934. The van der Waals surface area contributed by atoms with Crippen LogP contribution in [0.15, 0.2) is 18.2 Å². The van der Waals surface area contributed by atoms with Crippen molar-refractivity contribution in [2.24, 2.45) is 0 Å². The Morgan fingerprint density at radius 2 is 2.00 bits per heavy atom. The highest BCUT2D eigenvalue weighted by Gasteiger charge is 2.24. The number of rotatable bonds is 7. The number of aliphatic hydroxyl groups is 1. The van der Waals surface area contributed by atoms with Gasteiger partial charge >= 0.3 is 0 Å². The summed E-state index contributed by atoms with van der Waals surface area (Å²) in [6.07, 6.45) is 1.05. The number of anilines is 1. The molecule has 0 bridgehead atoms. The molecule has 0 atom stereocenters. The predicted octanol–water partition coefficient (Wildman–Crippen LogP) is 1.92. The molecule has 116 valence electrons. The molecule has 0 radical (unpaired) electrons. The fourth-order valence-electron chi connectivity index (χ4n) is 1.88. The lowest BCUT2D eigenvalue weighted by Gasteiger charge is -2.25. The monoisotopic (exact) mass is 295 g/mol. The van der Waals surface area contributed by atoms with Gasteiger partial charge in [0.25, 0.3) is 11.6 Å². The fraction of sp³-hybridized carbons (Fsp3) is 0.500. The Labute approximate surface area is 123 Å². The molecule has 0 saturated carbocycles. The number of carbonyl (C=O) groups excluding carboxylic acids is 1. The Morgan fingerprint density at radius 1 is 1.38 bits per heavy atom. The first kappa shape index (κ1) is 16.9. The van der Waals surface area contributed by atoms with E-state index in [-0.39, 0.29) is 23.8 Å². The van der Waals surface area contributed by atoms with Crippen LogP contribution in [0.4, 0.5) is 11.4 Å². The van der Waals surface area contributed by atoms with Crippen LogP contribution >= 0.6 is 0 Å². The third-order valence-electron chi connectivity index (χ3n) is 3.61. The molecule has 21 heavy (non-hydrogen) atoms.